The van der Waals surface area contributed by atoms with Crippen LogP contribution in [0.1, 0.15) is 27.8 Å². The molecule has 1 amide bonds. The quantitative estimate of drug-likeness (QED) is 0.635. The van der Waals surface area contributed by atoms with E-state index in [4.69, 9.17) is 9.26 Å². The van der Waals surface area contributed by atoms with Crippen molar-refractivity contribution in [1.29, 1.82) is 0 Å². The van der Waals surface area contributed by atoms with Gasteiger partial charge in [0.25, 0.3) is 5.91 Å². The molecule has 1 aromatic carbocycles. The number of carbonyl (C=O) groups is 1. The highest BCUT2D eigenvalue weighted by molar-refractivity contribution is 5.94. The standard InChI is InChI=1S/C21H23N5O3/c1-16-23-20(24-29-16)15-28-19-7-5-17(6-8-19)21(27)26-12-10-25(11-13-26)14-18-4-2-3-9-22-18/h2-9H,10-15H2,1H3. The van der Waals surface area contributed by atoms with E-state index in [0.29, 0.717) is 36.1 Å². The zero-order valence-corrected chi connectivity index (χ0v) is 16.3. The second-order valence-corrected chi connectivity index (χ2v) is 6.93. The first-order chi connectivity index (χ1) is 14.2. The summed E-state index contributed by atoms with van der Waals surface area (Å²) in [6.07, 6.45) is 1.81. The first-order valence-corrected chi connectivity index (χ1v) is 9.61. The van der Waals surface area contributed by atoms with Crippen molar-refractivity contribution in [3.63, 3.8) is 0 Å². The molecule has 1 aliphatic rings. The second-order valence-electron chi connectivity index (χ2n) is 6.93. The Morgan fingerprint density at radius 1 is 1.10 bits per heavy atom. The van der Waals surface area contributed by atoms with Crippen LogP contribution in [-0.4, -0.2) is 57.0 Å². The predicted octanol–water partition coefficient (Wildman–Crippen LogP) is 2.31. The third kappa shape index (κ3) is 4.97. The van der Waals surface area contributed by atoms with Crippen molar-refractivity contribution in [2.24, 2.45) is 0 Å². The zero-order chi connectivity index (χ0) is 20.1. The number of hydrogen-bond donors (Lipinski definition) is 0. The number of pyridine rings is 1. The van der Waals surface area contributed by atoms with Gasteiger partial charge in [-0.25, -0.2) is 0 Å². The lowest BCUT2D eigenvalue weighted by atomic mass is 10.1. The van der Waals surface area contributed by atoms with Gasteiger partial charge in [-0.05, 0) is 36.4 Å². The summed E-state index contributed by atoms with van der Waals surface area (Å²) in [4.78, 5) is 25.5. The van der Waals surface area contributed by atoms with Crippen LogP contribution in [0.3, 0.4) is 0 Å². The third-order valence-corrected chi connectivity index (χ3v) is 4.81. The number of amides is 1. The number of nitrogens with zero attached hydrogens (tertiary/aromatic N) is 5. The van der Waals surface area contributed by atoms with Gasteiger partial charge >= 0.3 is 0 Å². The Morgan fingerprint density at radius 2 is 1.90 bits per heavy atom. The number of benzene rings is 1. The van der Waals surface area contributed by atoms with Crippen LogP contribution in [0, 0.1) is 6.92 Å². The SMILES string of the molecule is Cc1nc(COc2ccc(C(=O)N3CCN(Cc4ccccn4)CC3)cc2)no1. The van der Waals surface area contributed by atoms with Crippen molar-refractivity contribution in [3.05, 3.63) is 71.6 Å². The molecule has 0 bridgehead atoms. The van der Waals surface area contributed by atoms with Gasteiger partial charge in [-0.1, -0.05) is 11.2 Å². The van der Waals surface area contributed by atoms with Crippen LogP contribution in [0.25, 0.3) is 0 Å². The van der Waals surface area contributed by atoms with Crippen molar-refractivity contribution in [2.75, 3.05) is 26.2 Å². The van der Waals surface area contributed by atoms with Crippen molar-refractivity contribution in [3.8, 4) is 5.75 Å². The summed E-state index contributed by atoms with van der Waals surface area (Å²) in [6.45, 7) is 5.87. The second kappa shape index (κ2) is 8.83. The van der Waals surface area contributed by atoms with Crippen LogP contribution >= 0.6 is 0 Å². The Morgan fingerprint density at radius 3 is 2.55 bits per heavy atom. The first-order valence-electron chi connectivity index (χ1n) is 9.61. The zero-order valence-electron chi connectivity index (χ0n) is 16.3. The molecule has 8 heteroatoms. The summed E-state index contributed by atoms with van der Waals surface area (Å²) in [5, 5.41) is 3.79. The van der Waals surface area contributed by atoms with Crippen LogP contribution in [0.15, 0.2) is 53.2 Å². The van der Waals surface area contributed by atoms with Gasteiger partial charge in [-0.2, -0.15) is 4.98 Å². The highest BCUT2D eigenvalue weighted by Crippen LogP contribution is 2.16. The minimum absolute atomic E-state index is 0.0443. The molecule has 4 rings (SSSR count). The van der Waals surface area contributed by atoms with Gasteiger partial charge in [-0.15, -0.1) is 0 Å². The maximum absolute atomic E-state index is 12.8. The van der Waals surface area contributed by atoms with E-state index >= 15 is 0 Å². The maximum atomic E-state index is 12.8. The smallest absolute Gasteiger partial charge is 0.253 e. The molecule has 1 saturated heterocycles. The van der Waals surface area contributed by atoms with Gasteiger partial charge < -0.3 is 14.2 Å². The lowest BCUT2D eigenvalue weighted by molar-refractivity contribution is 0.0627. The van der Waals surface area contributed by atoms with E-state index in [2.05, 4.69) is 20.0 Å². The van der Waals surface area contributed by atoms with E-state index in [1.54, 1.807) is 31.2 Å². The minimum atomic E-state index is 0.0443. The van der Waals surface area contributed by atoms with Crippen LogP contribution in [0.5, 0.6) is 5.75 Å². The Bertz CT molecular complexity index is 934. The number of hydrogen-bond acceptors (Lipinski definition) is 7. The molecule has 3 aromatic rings. The fourth-order valence-electron chi connectivity index (χ4n) is 3.25. The molecule has 0 aliphatic carbocycles. The molecule has 1 aliphatic heterocycles. The number of rotatable bonds is 6. The lowest BCUT2D eigenvalue weighted by Gasteiger charge is -2.34. The molecule has 3 heterocycles. The van der Waals surface area contributed by atoms with E-state index < -0.39 is 0 Å². The molecule has 150 valence electrons. The molecule has 0 unspecified atom stereocenters. The molecule has 1 fully saturated rings. The molecule has 0 N–H and O–H groups in total. The van der Waals surface area contributed by atoms with E-state index in [0.717, 1.165) is 25.3 Å². The maximum Gasteiger partial charge on any atom is 0.253 e. The van der Waals surface area contributed by atoms with Crippen LogP contribution < -0.4 is 4.74 Å². The first kappa shape index (κ1) is 19.1. The molecular weight excluding hydrogens is 370 g/mol. The molecule has 29 heavy (non-hydrogen) atoms. The summed E-state index contributed by atoms with van der Waals surface area (Å²) in [7, 11) is 0. The molecular formula is C21H23N5O3. The van der Waals surface area contributed by atoms with Crippen LogP contribution in [0.4, 0.5) is 0 Å². The number of ether oxygens (including phenoxy) is 1. The largest absolute Gasteiger partial charge is 0.485 e. The summed E-state index contributed by atoms with van der Waals surface area (Å²) in [5.41, 5.74) is 1.71. The predicted molar refractivity (Wildman–Crippen MR) is 105 cm³/mol. The van der Waals surface area contributed by atoms with Gasteiger partial charge in [-0.3, -0.25) is 14.7 Å². The monoisotopic (exact) mass is 393 g/mol. The highest BCUT2D eigenvalue weighted by atomic mass is 16.5. The van der Waals surface area contributed by atoms with Crippen molar-refractivity contribution in [2.45, 2.75) is 20.1 Å². The lowest BCUT2D eigenvalue weighted by Crippen LogP contribution is -2.48. The minimum Gasteiger partial charge on any atom is -0.485 e. The molecule has 0 radical (unpaired) electrons. The molecule has 8 nitrogen and oxygen atoms in total. The fraction of sp³-hybridized carbons (Fsp3) is 0.333. The average Bonchev–Trinajstić information content (AvgIpc) is 3.19. The Hall–Kier alpha value is -3.26. The highest BCUT2D eigenvalue weighted by Gasteiger charge is 2.22. The van der Waals surface area contributed by atoms with E-state index in [1.165, 1.54) is 0 Å². The number of aryl methyl sites for hydroxylation is 1. The Labute approximate surface area is 169 Å². The molecule has 0 atom stereocenters. The number of aromatic nitrogens is 3. The topological polar surface area (TPSA) is 84.6 Å². The van der Waals surface area contributed by atoms with Crippen molar-refractivity contribution >= 4 is 5.91 Å². The molecule has 2 aromatic heterocycles. The fourth-order valence-corrected chi connectivity index (χ4v) is 3.25. The van der Waals surface area contributed by atoms with Crippen molar-refractivity contribution < 1.29 is 14.1 Å². The van der Waals surface area contributed by atoms with Gasteiger partial charge in [0.2, 0.25) is 11.7 Å². The summed E-state index contributed by atoms with van der Waals surface area (Å²) < 4.78 is 10.5. The average molecular weight is 393 g/mol. The van der Waals surface area contributed by atoms with Gasteiger partial charge in [0, 0.05) is 51.4 Å². The molecule has 0 spiro atoms. The Kier molecular flexibility index (Phi) is 5.81. The normalized spacial score (nSPS) is 14.7. The van der Waals surface area contributed by atoms with Gasteiger partial charge in [0.1, 0.15) is 5.75 Å². The van der Waals surface area contributed by atoms with E-state index in [1.807, 2.05) is 29.3 Å². The van der Waals surface area contributed by atoms with Crippen molar-refractivity contribution in [1.82, 2.24) is 24.9 Å². The Balaban J connectivity index is 1.27. The van der Waals surface area contributed by atoms with E-state index in [-0.39, 0.29) is 12.5 Å². The van der Waals surface area contributed by atoms with Gasteiger partial charge in [0.05, 0.1) is 5.69 Å². The van der Waals surface area contributed by atoms with Gasteiger partial charge in [0.15, 0.2) is 6.61 Å². The number of carbonyl (C=O) groups excluding carboxylic acids is 1. The molecule has 0 saturated carbocycles. The van der Waals surface area contributed by atoms with E-state index in [9.17, 15) is 4.79 Å². The van der Waals surface area contributed by atoms with Crippen LogP contribution in [-0.2, 0) is 13.2 Å². The number of piperazine rings is 1. The van der Waals surface area contributed by atoms with Crippen LogP contribution in [0.2, 0.25) is 0 Å². The summed E-state index contributed by atoms with van der Waals surface area (Å²) in [6, 6.07) is 13.1. The third-order valence-electron chi connectivity index (χ3n) is 4.81. The summed E-state index contributed by atoms with van der Waals surface area (Å²) in [5.74, 6) is 1.70. The summed E-state index contributed by atoms with van der Waals surface area (Å²) >= 11 is 0.